The molecule has 0 unspecified atom stereocenters. The van der Waals surface area contributed by atoms with E-state index in [0.717, 1.165) is 5.75 Å². The zero-order valence-electron chi connectivity index (χ0n) is 10.9. The maximum absolute atomic E-state index is 5.34. The number of benzene rings is 3. The molecule has 0 aromatic heterocycles. The molecule has 90 valence electrons. The minimum absolute atomic E-state index is 0.913. The Labute approximate surface area is 107 Å². The van der Waals surface area contributed by atoms with Gasteiger partial charge >= 0.3 is 0 Å². The molecule has 0 spiro atoms. The third-order valence-corrected chi connectivity index (χ3v) is 3.60. The molecule has 0 aliphatic carbocycles. The fourth-order valence-electron chi connectivity index (χ4n) is 2.67. The first-order valence-corrected chi connectivity index (χ1v) is 6.17. The van der Waals surface area contributed by atoms with E-state index >= 15 is 0 Å². The molecule has 0 N–H and O–H groups in total. The van der Waals surface area contributed by atoms with Crippen molar-refractivity contribution < 1.29 is 4.74 Å². The van der Waals surface area contributed by atoms with Crippen LogP contribution in [0.1, 0.15) is 11.1 Å². The van der Waals surface area contributed by atoms with E-state index in [1.54, 1.807) is 7.11 Å². The Bertz CT molecular complexity index is 741. The molecular weight excluding hydrogens is 220 g/mol. The molecule has 0 fully saturated rings. The number of hydrogen-bond donors (Lipinski definition) is 0. The molecule has 1 nitrogen and oxygen atoms in total. The average Bonchev–Trinajstić information content (AvgIpc) is 2.39. The minimum Gasteiger partial charge on any atom is -0.497 e. The topological polar surface area (TPSA) is 9.23 Å². The van der Waals surface area contributed by atoms with Crippen LogP contribution in [0.5, 0.6) is 5.75 Å². The molecule has 3 aromatic rings. The predicted octanol–water partition coefficient (Wildman–Crippen LogP) is 4.62. The summed E-state index contributed by atoms with van der Waals surface area (Å²) in [4.78, 5) is 0. The Morgan fingerprint density at radius 2 is 1.67 bits per heavy atom. The Morgan fingerprint density at radius 3 is 2.44 bits per heavy atom. The van der Waals surface area contributed by atoms with E-state index in [9.17, 15) is 0 Å². The van der Waals surface area contributed by atoms with Gasteiger partial charge in [0.2, 0.25) is 0 Å². The lowest BCUT2D eigenvalue weighted by Gasteiger charge is -2.11. The van der Waals surface area contributed by atoms with Crippen molar-refractivity contribution in [2.24, 2.45) is 0 Å². The first-order valence-electron chi connectivity index (χ1n) is 6.17. The lowest BCUT2D eigenvalue weighted by atomic mass is 9.95. The van der Waals surface area contributed by atoms with Crippen LogP contribution in [0, 0.1) is 13.8 Å². The Kier molecular flexibility index (Phi) is 2.48. The number of aryl methyl sites for hydroxylation is 2. The third-order valence-electron chi connectivity index (χ3n) is 3.60. The molecule has 1 heteroatoms. The van der Waals surface area contributed by atoms with Crippen molar-refractivity contribution in [3.05, 3.63) is 53.6 Å². The highest BCUT2D eigenvalue weighted by Crippen LogP contribution is 2.32. The number of fused-ring (bicyclic) bond motifs is 3. The Morgan fingerprint density at radius 1 is 0.833 bits per heavy atom. The molecule has 3 aromatic carbocycles. The lowest BCUT2D eigenvalue weighted by molar-refractivity contribution is 0.415. The molecule has 3 rings (SSSR count). The van der Waals surface area contributed by atoms with Gasteiger partial charge in [-0.1, -0.05) is 30.3 Å². The second kappa shape index (κ2) is 4.02. The van der Waals surface area contributed by atoms with Crippen molar-refractivity contribution in [1.29, 1.82) is 0 Å². The van der Waals surface area contributed by atoms with Crippen molar-refractivity contribution in [3.63, 3.8) is 0 Å². The van der Waals surface area contributed by atoms with Gasteiger partial charge in [-0.2, -0.15) is 0 Å². The average molecular weight is 236 g/mol. The summed E-state index contributed by atoms with van der Waals surface area (Å²) in [6, 6.07) is 15.0. The summed E-state index contributed by atoms with van der Waals surface area (Å²) in [5, 5.41) is 5.21. The number of rotatable bonds is 1. The van der Waals surface area contributed by atoms with E-state index in [1.807, 2.05) is 6.07 Å². The SMILES string of the molecule is COc1ccc2cc(C)c3cccc(C)c3c2c1. The zero-order chi connectivity index (χ0) is 12.7. The van der Waals surface area contributed by atoms with Gasteiger partial charge in [0.25, 0.3) is 0 Å². The van der Waals surface area contributed by atoms with Crippen LogP contribution in [0.4, 0.5) is 0 Å². The molecular formula is C17H16O. The van der Waals surface area contributed by atoms with Gasteiger partial charge in [0.05, 0.1) is 7.11 Å². The fourth-order valence-corrected chi connectivity index (χ4v) is 2.67. The summed E-state index contributed by atoms with van der Waals surface area (Å²) in [5.74, 6) is 0.913. The third kappa shape index (κ3) is 1.55. The first-order chi connectivity index (χ1) is 8.70. The van der Waals surface area contributed by atoms with Crippen LogP contribution in [-0.2, 0) is 0 Å². The summed E-state index contributed by atoms with van der Waals surface area (Å²) in [6.45, 7) is 4.34. The molecule has 0 saturated heterocycles. The Balaban J connectivity index is 2.56. The largest absolute Gasteiger partial charge is 0.497 e. The summed E-state index contributed by atoms with van der Waals surface area (Å²) in [6.07, 6.45) is 0. The molecule has 0 saturated carbocycles. The highest BCUT2D eigenvalue weighted by Gasteiger charge is 2.07. The molecule has 18 heavy (non-hydrogen) atoms. The van der Waals surface area contributed by atoms with Gasteiger partial charge < -0.3 is 4.74 Å². The normalized spacial score (nSPS) is 11.1. The monoisotopic (exact) mass is 236 g/mol. The van der Waals surface area contributed by atoms with Crippen LogP contribution in [0.25, 0.3) is 21.5 Å². The smallest absolute Gasteiger partial charge is 0.119 e. The molecule has 0 aliphatic heterocycles. The van der Waals surface area contributed by atoms with E-state index in [2.05, 4.69) is 50.2 Å². The Hall–Kier alpha value is -2.02. The van der Waals surface area contributed by atoms with Crippen LogP contribution in [-0.4, -0.2) is 7.11 Å². The summed E-state index contributed by atoms with van der Waals surface area (Å²) in [5.41, 5.74) is 2.64. The van der Waals surface area contributed by atoms with Gasteiger partial charge in [0.1, 0.15) is 5.75 Å². The van der Waals surface area contributed by atoms with Gasteiger partial charge in [0, 0.05) is 0 Å². The number of methoxy groups -OCH3 is 1. The summed E-state index contributed by atoms with van der Waals surface area (Å²) in [7, 11) is 1.71. The van der Waals surface area contributed by atoms with Crippen molar-refractivity contribution in [2.45, 2.75) is 13.8 Å². The summed E-state index contributed by atoms with van der Waals surface area (Å²) < 4.78 is 5.34. The van der Waals surface area contributed by atoms with Crippen LogP contribution in [0.3, 0.4) is 0 Å². The van der Waals surface area contributed by atoms with E-state index < -0.39 is 0 Å². The fraction of sp³-hybridized carbons (Fsp3) is 0.176. The minimum atomic E-state index is 0.913. The van der Waals surface area contributed by atoms with Crippen LogP contribution >= 0.6 is 0 Å². The molecule has 0 heterocycles. The molecule has 0 bridgehead atoms. The molecule has 0 atom stereocenters. The quantitative estimate of drug-likeness (QED) is 0.560. The van der Waals surface area contributed by atoms with Crippen molar-refractivity contribution in [3.8, 4) is 5.75 Å². The van der Waals surface area contributed by atoms with Crippen molar-refractivity contribution >= 4 is 21.5 Å². The second-order valence-corrected chi connectivity index (χ2v) is 4.78. The van der Waals surface area contributed by atoms with E-state index in [0.29, 0.717) is 0 Å². The van der Waals surface area contributed by atoms with Crippen LogP contribution < -0.4 is 4.74 Å². The van der Waals surface area contributed by atoms with E-state index in [-0.39, 0.29) is 0 Å². The number of hydrogen-bond acceptors (Lipinski definition) is 1. The molecule has 0 radical (unpaired) electrons. The van der Waals surface area contributed by atoms with Crippen molar-refractivity contribution in [2.75, 3.05) is 7.11 Å². The molecule has 0 aliphatic rings. The van der Waals surface area contributed by atoms with Crippen LogP contribution in [0.2, 0.25) is 0 Å². The van der Waals surface area contributed by atoms with Gasteiger partial charge in [-0.15, -0.1) is 0 Å². The first kappa shape index (κ1) is 11.1. The summed E-state index contributed by atoms with van der Waals surface area (Å²) >= 11 is 0. The number of ether oxygens (including phenoxy) is 1. The van der Waals surface area contributed by atoms with Gasteiger partial charge in [-0.05, 0) is 58.7 Å². The predicted molar refractivity (Wildman–Crippen MR) is 77.5 cm³/mol. The highest BCUT2D eigenvalue weighted by atomic mass is 16.5. The van der Waals surface area contributed by atoms with E-state index in [4.69, 9.17) is 4.74 Å². The standard InChI is InChI=1S/C17H16O/c1-11-5-4-6-15-12(2)9-13-7-8-14(18-3)10-16(13)17(11)15/h4-10H,1-3H3. The van der Waals surface area contributed by atoms with Gasteiger partial charge in [-0.3, -0.25) is 0 Å². The maximum atomic E-state index is 5.34. The van der Waals surface area contributed by atoms with Gasteiger partial charge in [-0.25, -0.2) is 0 Å². The van der Waals surface area contributed by atoms with E-state index in [1.165, 1.54) is 32.7 Å². The maximum Gasteiger partial charge on any atom is 0.119 e. The van der Waals surface area contributed by atoms with Crippen molar-refractivity contribution in [1.82, 2.24) is 0 Å². The lowest BCUT2D eigenvalue weighted by Crippen LogP contribution is -1.87. The van der Waals surface area contributed by atoms with Crippen LogP contribution in [0.15, 0.2) is 42.5 Å². The zero-order valence-corrected chi connectivity index (χ0v) is 10.9. The molecule has 0 amide bonds. The highest BCUT2D eigenvalue weighted by molar-refractivity contribution is 6.10. The van der Waals surface area contributed by atoms with Gasteiger partial charge in [0.15, 0.2) is 0 Å². The second-order valence-electron chi connectivity index (χ2n) is 4.78.